The molecule has 1 aliphatic heterocycles. The van der Waals surface area contributed by atoms with Gasteiger partial charge in [0.15, 0.2) is 0 Å². The van der Waals surface area contributed by atoms with E-state index in [1.54, 1.807) is 37.3 Å². The van der Waals surface area contributed by atoms with Crippen molar-refractivity contribution in [2.24, 2.45) is 0 Å². The fourth-order valence-electron chi connectivity index (χ4n) is 3.63. The maximum absolute atomic E-state index is 13.0. The third kappa shape index (κ3) is 2.99. The number of rotatable bonds is 6. The first kappa shape index (κ1) is 18.1. The Hall–Kier alpha value is -3.32. The Morgan fingerprint density at radius 1 is 1.18 bits per heavy atom. The first-order chi connectivity index (χ1) is 13.6. The molecule has 0 bridgehead atoms. The number of aromatic nitrogens is 2. The number of phenolic OH excluding ortho intramolecular Hbond substituents is 1. The van der Waals surface area contributed by atoms with Gasteiger partial charge in [-0.1, -0.05) is 12.1 Å². The average Bonchev–Trinajstić information content (AvgIpc) is 3.25. The van der Waals surface area contributed by atoms with E-state index in [0.29, 0.717) is 24.5 Å². The molecule has 7 heteroatoms. The van der Waals surface area contributed by atoms with E-state index in [1.165, 1.54) is 0 Å². The van der Waals surface area contributed by atoms with E-state index in [4.69, 9.17) is 9.47 Å². The van der Waals surface area contributed by atoms with Crippen molar-refractivity contribution in [3.05, 3.63) is 65.4 Å². The van der Waals surface area contributed by atoms with Crippen LogP contribution < -0.4 is 4.74 Å². The summed E-state index contributed by atoms with van der Waals surface area (Å²) in [6.07, 6.45) is 0. The van der Waals surface area contributed by atoms with Crippen LogP contribution in [-0.2, 0) is 4.74 Å². The number of phenols is 1. The summed E-state index contributed by atoms with van der Waals surface area (Å²) in [7, 11) is 3.22. The number of nitrogens with one attached hydrogen (secondary N) is 1. The van der Waals surface area contributed by atoms with Crippen LogP contribution >= 0.6 is 0 Å². The van der Waals surface area contributed by atoms with Crippen molar-refractivity contribution in [3.63, 3.8) is 0 Å². The molecule has 0 radical (unpaired) electrons. The topological polar surface area (TPSA) is 87.7 Å². The van der Waals surface area contributed by atoms with Gasteiger partial charge in [-0.15, -0.1) is 0 Å². The van der Waals surface area contributed by atoms with Gasteiger partial charge in [-0.05, 0) is 42.0 Å². The molecule has 7 nitrogen and oxygen atoms in total. The van der Waals surface area contributed by atoms with Crippen molar-refractivity contribution in [2.45, 2.75) is 6.04 Å². The van der Waals surface area contributed by atoms with Crippen LogP contribution in [0.5, 0.6) is 11.5 Å². The molecule has 1 atom stereocenters. The number of hydrogen-bond donors (Lipinski definition) is 2. The number of carbonyl (C=O) groups excluding carboxylic acids is 1. The van der Waals surface area contributed by atoms with Crippen LogP contribution in [0.1, 0.15) is 27.7 Å². The van der Waals surface area contributed by atoms with Crippen LogP contribution in [0.4, 0.5) is 0 Å². The Bertz CT molecular complexity index is 997. The molecule has 144 valence electrons. The third-order valence-electron chi connectivity index (χ3n) is 4.95. The lowest BCUT2D eigenvalue weighted by Gasteiger charge is -2.26. The van der Waals surface area contributed by atoms with Crippen LogP contribution in [0.25, 0.3) is 11.3 Å². The van der Waals surface area contributed by atoms with Crippen LogP contribution in [0.15, 0.2) is 48.5 Å². The van der Waals surface area contributed by atoms with Crippen LogP contribution in [0, 0.1) is 0 Å². The summed E-state index contributed by atoms with van der Waals surface area (Å²) >= 11 is 0. The molecule has 2 N–H and O–H groups in total. The number of fused-ring (bicyclic) bond motifs is 1. The largest absolute Gasteiger partial charge is 0.508 e. The fourth-order valence-corrected chi connectivity index (χ4v) is 3.63. The van der Waals surface area contributed by atoms with Crippen LogP contribution in [-0.4, -0.2) is 53.5 Å². The summed E-state index contributed by atoms with van der Waals surface area (Å²) in [6.45, 7) is 0.844. The van der Waals surface area contributed by atoms with E-state index in [0.717, 1.165) is 22.4 Å². The van der Waals surface area contributed by atoms with Crippen molar-refractivity contribution in [1.82, 2.24) is 15.1 Å². The highest BCUT2D eigenvalue weighted by Crippen LogP contribution is 2.43. The monoisotopic (exact) mass is 379 g/mol. The number of carbonyl (C=O) groups is 1. The van der Waals surface area contributed by atoms with E-state index in [-0.39, 0.29) is 17.7 Å². The fraction of sp³-hybridized carbons (Fsp3) is 0.238. The molecule has 28 heavy (non-hydrogen) atoms. The SMILES string of the molecule is COCCN1C(=O)c2[nH]nc(-c3ccc(OC)cc3)c2[C@@H]1c1cccc(O)c1. The summed E-state index contributed by atoms with van der Waals surface area (Å²) in [6, 6.07) is 14.2. The van der Waals surface area contributed by atoms with E-state index in [9.17, 15) is 9.90 Å². The third-order valence-corrected chi connectivity index (χ3v) is 4.95. The van der Waals surface area contributed by atoms with Crippen LogP contribution in [0.2, 0.25) is 0 Å². The van der Waals surface area contributed by atoms with Gasteiger partial charge in [-0.25, -0.2) is 0 Å². The predicted octanol–water partition coefficient (Wildman–Crippen LogP) is 2.98. The second kappa shape index (κ2) is 7.36. The van der Waals surface area contributed by atoms with Crippen molar-refractivity contribution in [3.8, 4) is 22.8 Å². The number of ether oxygens (including phenoxy) is 2. The number of methoxy groups -OCH3 is 2. The number of benzene rings is 2. The molecule has 1 amide bonds. The average molecular weight is 379 g/mol. The van der Waals surface area contributed by atoms with Gasteiger partial charge in [0.1, 0.15) is 17.2 Å². The minimum absolute atomic E-state index is 0.132. The number of aromatic amines is 1. The lowest BCUT2D eigenvalue weighted by Crippen LogP contribution is -2.32. The minimum Gasteiger partial charge on any atom is -0.508 e. The summed E-state index contributed by atoms with van der Waals surface area (Å²) in [5.41, 5.74) is 3.68. The Morgan fingerprint density at radius 2 is 1.96 bits per heavy atom. The van der Waals surface area contributed by atoms with Crippen molar-refractivity contribution >= 4 is 5.91 Å². The van der Waals surface area contributed by atoms with Gasteiger partial charge in [0.2, 0.25) is 0 Å². The van der Waals surface area contributed by atoms with Gasteiger partial charge < -0.3 is 19.5 Å². The summed E-state index contributed by atoms with van der Waals surface area (Å²) in [4.78, 5) is 14.8. The maximum atomic E-state index is 13.0. The number of aromatic hydroxyl groups is 1. The molecule has 1 aliphatic rings. The molecule has 0 saturated heterocycles. The number of hydrogen-bond acceptors (Lipinski definition) is 5. The zero-order valence-corrected chi connectivity index (χ0v) is 15.7. The van der Waals surface area contributed by atoms with Crippen molar-refractivity contribution in [2.75, 3.05) is 27.4 Å². The van der Waals surface area contributed by atoms with Crippen molar-refractivity contribution in [1.29, 1.82) is 0 Å². The molecule has 0 fully saturated rings. The van der Waals surface area contributed by atoms with Gasteiger partial charge in [0.05, 0.1) is 25.5 Å². The number of H-pyrrole nitrogens is 1. The summed E-state index contributed by atoms with van der Waals surface area (Å²) in [5, 5.41) is 17.3. The minimum atomic E-state index is -0.361. The predicted molar refractivity (Wildman–Crippen MR) is 103 cm³/mol. The van der Waals surface area contributed by atoms with Gasteiger partial charge in [-0.3, -0.25) is 9.89 Å². The molecule has 2 aromatic carbocycles. The maximum Gasteiger partial charge on any atom is 0.273 e. The van der Waals surface area contributed by atoms with Gasteiger partial charge >= 0.3 is 0 Å². The number of nitrogens with zero attached hydrogens (tertiary/aromatic N) is 2. The highest BCUT2D eigenvalue weighted by Gasteiger charge is 2.42. The van der Waals surface area contributed by atoms with Gasteiger partial charge in [0, 0.05) is 24.8 Å². The molecular formula is C21H21N3O4. The Labute approximate surface area is 162 Å². The van der Waals surface area contributed by atoms with Gasteiger partial charge in [0.25, 0.3) is 5.91 Å². The molecule has 4 rings (SSSR count). The molecule has 0 unspecified atom stereocenters. The lowest BCUT2D eigenvalue weighted by molar-refractivity contribution is 0.0677. The van der Waals surface area contributed by atoms with E-state index in [2.05, 4.69) is 10.2 Å². The van der Waals surface area contributed by atoms with Gasteiger partial charge in [-0.2, -0.15) is 5.10 Å². The van der Waals surface area contributed by atoms with E-state index >= 15 is 0 Å². The molecular weight excluding hydrogens is 358 g/mol. The van der Waals surface area contributed by atoms with E-state index in [1.807, 2.05) is 30.3 Å². The first-order valence-corrected chi connectivity index (χ1v) is 8.95. The van der Waals surface area contributed by atoms with E-state index < -0.39 is 0 Å². The Kier molecular flexibility index (Phi) is 4.75. The zero-order valence-electron chi connectivity index (χ0n) is 15.7. The molecule has 1 aromatic heterocycles. The number of amides is 1. The Balaban J connectivity index is 1.84. The Morgan fingerprint density at radius 3 is 2.64 bits per heavy atom. The van der Waals surface area contributed by atoms with Crippen molar-refractivity contribution < 1.29 is 19.4 Å². The molecule has 0 aliphatic carbocycles. The second-order valence-corrected chi connectivity index (χ2v) is 6.58. The summed E-state index contributed by atoms with van der Waals surface area (Å²) in [5.74, 6) is 0.769. The first-order valence-electron chi connectivity index (χ1n) is 8.95. The zero-order chi connectivity index (χ0) is 19.7. The highest BCUT2D eigenvalue weighted by atomic mass is 16.5. The smallest absolute Gasteiger partial charge is 0.273 e. The summed E-state index contributed by atoms with van der Waals surface area (Å²) < 4.78 is 10.4. The molecule has 0 spiro atoms. The normalized spacial score (nSPS) is 15.7. The lowest BCUT2D eigenvalue weighted by atomic mass is 9.96. The molecule has 3 aromatic rings. The second-order valence-electron chi connectivity index (χ2n) is 6.58. The standard InChI is InChI=1S/C21H21N3O4/c1-27-11-10-24-20(14-4-3-5-15(25)12-14)17-18(22-23-19(17)21(24)26)13-6-8-16(28-2)9-7-13/h3-9,12,20,25H,10-11H2,1-2H3,(H,22,23)/t20-/m0/s1. The molecule has 2 heterocycles. The van der Waals surface area contributed by atoms with Crippen LogP contribution in [0.3, 0.4) is 0 Å². The quantitative estimate of drug-likeness (QED) is 0.687. The molecule has 0 saturated carbocycles. The highest BCUT2D eigenvalue weighted by molar-refractivity contribution is 6.00.